The van der Waals surface area contributed by atoms with Crippen molar-refractivity contribution in [3.8, 4) is 23.2 Å². The Kier molecular flexibility index (Phi) is 6.73. The smallest absolute Gasteiger partial charge is 0.390 e. The summed E-state index contributed by atoms with van der Waals surface area (Å²) in [7, 11) is 0. The van der Waals surface area contributed by atoms with Crippen LogP contribution >= 0.6 is 0 Å². The number of nitrogens with one attached hydrogen (secondary N) is 1. The number of benzene rings is 1. The van der Waals surface area contributed by atoms with Gasteiger partial charge < -0.3 is 15.3 Å². The summed E-state index contributed by atoms with van der Waals surface area (Å²) in [5.41, 5.74) is 1.74. The molecule has 3 aromatic heterocycles. The fourth-order valence-electron chi connectivity index (χ4n) is 4.64. The lowest BCUT2D eigenvalue weighted by atomic mass is 10.1. The second kappa shape index (κ2) is 10.1. The molecule has 194 valence electrons. The number of halogens is 3. The van der Waals surface area contributed by atoms with Crippen molar-refractivity contribution in [1.82, 2.24) is 24.3 Å². The molecule has 1 saturated heterocycles. The number of anilines is 1. The zero-order valence-electron chi connectivity index (χ0n) is 20.3. The molecule has 0 bridgehead atoms. The summed E-state index contributed by atoms with van der Waals surface area (Å²) in [6, 6.07) is 11.3. The maximum atomic E-state index is 13.0. The van der Waals surface area contributed by atoms with E-state index in [4.69, 9.17) is 4.98 Å². The minimum Gasteiger partial charge on any atom is -0.390 e. The van der Waals surface area contributed by atoms with Crippen molar-refractivity contribution < 1.29 is 23.1 Å². The Labute approximate surface area is 216 Å². The number of nitrogens with zero attached hydrogens (tertiary/aromatic N) is 5. The van der Waals surface area contributed by atoms with E-state index in [0.29, 0.717) is 22.5 Å². The molecule has 2 N–H and O–H groups in total. The molecule has 1 atom stereocenters. The maximum Gasteiger partial charge on any atom is 0.416 e. The van der Waals surface area contributed by atoms with E-state index in [0.717, 1.165) is 43.5 Å². The van der Waals surface area contributed by atoms with Gasteiger partial charge in [-0.1, -0.05) is 18.1 Å². The number of alkyl halides is 3. The molecule has 1 aromatic carbocycles. The van der Waals surface area contributed by atoms with Crippen LogP contribution in [0, 0.1) is 12.0 Å². The number of aliphatic hydroxyl groups excluding tert-OH is 1. The van der Waals surface area contributed by atoms with E-state index in [9.17, 15) is 23.1 Å². The lowest BCUT2D eigenvalue weighted by Gasteiger charge is -2.19. The van der Waals surface area contributed by atoms with E-state index in [2.05, 4.69) is 32.1 Å². The molecule has 11 heteroatoms. The van der Waals surface area contributed by atoms with Gasteiger partial charge in [0, 0.05) is 42.3 Å². The molecule has 38 heavy (non-hydrogen) atoms. The van der Waals surface area contributed by atoms with E-state index in [1.165, 1.54) is 0 Å². The highest BCUT2D eigenvalue weighted by Gasteiger charge is 2.31. The minimum absolute atomic E-state index is 0.0253. The van der Waals surface area contributed by atoms with E-state index in [1.54, 1.807) is 43.6 Å². The molecular formula is C27H23F3N6O2. The highest BCUT2D eigenvalue weighted by molar-refractivity contribution is 6.04. The molecule has 1 aliphatic heterocycles. The predicted molar refractivity (Wildman–Crippen MR) is 134 cm³/mol. The minimum atomic E-state index is -4.54. The predicted octanol–water partition coefficient (Wildman–Crippen LogP) is 4.67. The number of carbonyl (C=O) groups excluding carboxylic acids is 1. The van der Waals surface area contributed by atoms with Crippen LogP contribution in [-0.2, 0) is 12.8 Å². The number of aliphatic hydroxyl groups is 1. The summed E-state index contributed by atoms with van der Waals surface area (Å²) in [5.74, 6) is 2.93. The molecular weight excluding hydrogens is 497 g/mol. The van der Waals surface area contributed by atoms with Crippen LogP contribution in [0.4, 0.5) is 19.0 Å². The molecule has 4 heterocycles. The average molecular weight is 521 g/mol. The molecule has 5 rings (SSSR count). The quantitative estimate of drug-likeness (QED) is 0.372. The third-order valence-electron chi connectivity index (χ3n) is 6.36. The molecule has 4 aromatic rings. The number of pyridine rings is 1. The normalized spacial score (nSPS) is 15.4. The standard InChI is InChI=1S/C27H23F3N6O2/c1-2-12-35-13-3-4-21(35)25-34-23(24-20(16-37)31-11-14-36(24)25)17-5-7-18(8-6-17)26(38)33-22-15-19(9-10-32-22)27(28,29)30/h5-11,14-15,21,37H,3-4,13,16H2,1H3,(H,32,33,38)/t21-/m0/s1. The van der Waals surface area contributed by atoms with Crippen LogP contribution in [0.5, 0.6) is 0 Å². The first-order valence-electron chi connectivity index (χ1n) is 11.9. The van der Waals surface area contributed by atoms with Crippen LogP contribution in [0.2, 0.25) is 0 Å². The largest absolute Gasteiger partial charge is 0.416 e. The highest BCUT2D eigenvalue weighted by Crippen LogP contribution is 2.35. The summed E-state index contributed by atoms with van der Waals surface area (Å²) in [6.45, 7) is 2.34. The van der Waals surface area contributed by atoms with Crippen molar-refractivity contribution in [2.24, 2.45) is 0 Å². The molecule has 1 amide bonds. The van der Waals surface area contributed by atoms with Gasteiger partial charge in [-0.3, -0.25) is 14.2 Å². The molecule has 0 aliphatic carbocycles. The van der Waals surface area contributed by atoms with Crippen LogP contribution in [0.15, 0.2) is 55.0 Å². The maximum absolute atomic E-state index is 13.0. The van der Waals surface area contributed by atoms with Crippen LogP contribution in [0.1, 0.15) is 53.2 Å². The zero-order chi connectivity index (χ0) is 26.9. The SMILES string of the molecule is CC#CN1CCC[C@H]1c1nc(-c2ccc(C(=O)Nc3cc(C(F)(F)F)ccn3)cc2)c2c(CO)nccn12. The first-order valence-corrected chi connectivity index (χ1v) is 11.9. The summed E-state index contributed by atoms with van der Waals surface area (Å²) in [6.07, 6.45) is 1.73. The van der Waals surface area contributed by atoms with Crippen molar-refractivity contribution in [3.63, 3.8) is 0 Å². The van der Waals surface area contributed by atoms with E-state index >= 15 is 0 Å². The van der Waals surface area contributed by atoms with Gasteiger partial charge in [-0.25, -0.2) is 9.97 Å². The van der Waals surface area contributed by atoms with Crippen molar-refractivity contribution in [2.75, 3.05) is 11.9 Å². The van der Waals surface area contributed by atoms with Gasteiger partial charge >= 0.3 is 6.18 Å². The average Bonchev–Trinajstić information content (AvgIpc) is 3.53. The summed E-state index contributed by atoms with van der Waals surface area (Å²) < 4.78 is 40.9. The number of rotatable bonds is 5. The fourth-order valence-corrected chi connectivity index (χ4v) is 4.64. The fraction of sp³-hybridized carbons (Fsp3) is 0.259. The summed E-state index contributed by atoms with van der Waals surface area (Å²) in [4.78, 5) is 27.8. The highest BCUT2D eigenvalue weighted by atomic mass is 19.4. The number of aromatic nitrogens is 4. The second-order valence-corrected chi connectivity index (χ2v) is 8.74. The number of carbonyl (C=O) groups is 1. The van der Waals surface area contributed by atoms with Crippen molar-refractivity contribution in [3.05, 3.63) is 77.6 Å². The first kappa shape index (κ1) is 25.2. The van der Waals surface area contributed by atoms with Crippen LogP contribution in [0.3, 0.4) is 0 Å². The van der Waals surface area contributed by atoms with E-state index in [1.807, 2.05) is 4.40 Å². The third kappa shape index (κ3) is 4.78. The Hall–Kier alpha value is -4.43. The number of hydrogen-bond acceptors (Lipinski definition) is 6. The molecule has 0 saturated carbocycles. The van der Waals surface area contributed by atoms with Gasteiger partial charge in [0.2, 0.25) is 0 Å². The van der Waals surface area contributed by atoms with Gasteiger partial charge in [-0.2, -0.15) is 13.2 Å². The monoisotopic (exact) mass is 520 g/mol. The Morgan fingerprint density at radius 2 is 1.97 bits per heavy atom. The van der Waals surface area contributed by atoms with E-state index < -0.39 is 17.6 Å². The molecule has 1 fully saturated rings. The Morgan fingerprint density at radius 3 is 2.68 bits per heavy atom. The molecule has 0 unspecified atom stereocenters. The van der Waals surface area contributed by atoms with Gasteiger partial charge in [-0.15, -0.1) is 0 Å². The van der Waals surface area contributed by atoms with Crippen molar-refractivity contribution >= 4 is 17.2 Å². The lowest BCUT2D eigenvalue weighted by Crippen LogP contribution is -2.19. The van der Waals surface area contributed by atoms with E-state index in [-0.39, 0.29) is 24.0 Å². The Bertz CT molecular complexity index is 1550. The Balaban J connectivity index is 1.47. The number of imidazole rings is 1. The number of amides is 1. The molecule has 8 nitrogen and oxygen atoms in total. The van der Waals surface area contributed by atoms with Crippen molar-refractivity contribution in [1.29, 1.82) is 0 Å². The number of hydrogen-bond donors (Lipinski definition) is 2. The van der Waals surface area contributed by atoms with Gasteiger partial charge in [-0.05, 0) is 44.0 Å². The van der Waals surface area contributed by atoms with Gasteiger partial charge in [0.05, 0.1) is 35.1 Å². The first-order chi connectivity index (χ1) is 18.3. The third-order valence-corrected chi connectivity index (χ3v) is 6.36. The topological polar surface area (TPSA) is 95.7 Å². The molecule has 0 radical (unpaired) electrons. The molecule has 0 spiro atoms. The zero-order valence-corrected chi connectivity index (χ0v) is 20.3. The van der Waals surface area contributed by atoms with Gasteiger partial charge in [0.25, 0.3) is 5.91 Å². The van der Waals surface area contributed by atoms with Crippen molar-refractivity contribution in [2.45, 2.75) is 38.6 Å². The van der Waals surface area contributed by atoms with Gasteiger partial charge in [0.15, 0.2) is 0 Å². The Morgan fingerprint density at radius 1 is 1.18 bits per heavy atom. The lowest BCUT2D eigenvalue weighted by molar-refractivity contribution is -0.137. The summed E-state index contributed by atoms with van der Waals surface area (Å²) >= 11 is 0. The number of fused-ring (bicyclic) bond motifs is 1. The number of likely N-dealkylation sites (tertiary alicyclic amines) is 1. The second-order valence-electron chi connectivity index (χ2n) is 8.74. The molecule has 1 aliphatic rings. The van der Waals surface area contributed by atoms with Crippen LogP contribution in [-0.4, -0.2) is 41.8 Å². The van der Waals surface area contributed by atoms with Crippen LogP contribution in [0.25, 0.3) is 16.8 Å². The summed E-state index contributed by atoms with van der Waals surface area (Å²) in [5, 5.41) is 12.4. The van der Waals surface area contributed by atoms with Crippen LogP contribution < -0.4 is 5.32 Å². The van der Waals surface area contributed by atoms with Gasteiger partial charge in [0.1, 0.15) is 11.6 Å².